The monoisotopic (exact) mass is 235 g/mol. The number of pyridine rings is 1. The van der Waals surface area contributed by atoms with Gasteiger partial charge < -0.3 is 10.8 Å². The molecular formula is C13H21N3O. The van der Waals surface area contributed by atoms with Crippen LogP contribution in [-0.2, 0) is 6.54 Å². The molecule has 0 radical (unpaired) electrons. The fraction of sp³-hybridized carbons (Fsp3) is 0.615. The predicted molar refractivity (Wildman–Crippen MR) is 67.3 cm³/mol. The van der Waals surface area contributed by atoms with E-state index in [1.165, 1.54) is 12.8 Å². The van der Waals surface area contributed by atoms with Gasteiger partial charge in [-0.15, -0.1) is 0 Å². The Bertz CT molecular complexity index is 340. The molecule has 1 aliphatic rings. The summed E-state index contributed by atoms with van der Waals surface area (Å²) < 4.78 is 0. The first kappa shape index (κ1) is 12.5. The highest BCUT2D eigenvalue weighted by Gasteiger charge is 2.35. The summed E-state index contributed by atoms with van der Waals surface area (Å²) in [6.45, 7) is 0.897. The average molecular weight is 235 g/mol. The third kappa shape index (κ3) is 3.25. The van der Waals surface area contributed by atoms with Crippen molar-refractivity contribution in [3.05, 3.63) is 30.1 Å². The normalized spacial score (nSPS) is 19.3. The number of likely N-dealkylation sites (N-methyl/N-ethyl adjacent to an activating group) is 1. The average Bonchev–Trinajstić information content (AvgIpc) is 3.15. The first-order valence-corrected chi connectivity index (χ1v) is 6.18. The highest BCUT2D eigenvalue weighted by Crippen LogP contribution is 2.33. The second-order valence-corrected chi connectivity index (χ2v) is 4.94. The number of aliphatic hydroxyl groups is 1. The van der Waals surface area contributed by atoms with Crippen LogP contribution in [0.3, 0.4) is 0 Å². The maximum absolute atomic E-state index is 9.48. The molecule has 1 aliphatic carbocycles. The molecule has 1 fully saturated rings. The van der Waals surface area contributed by atoms with Crippen molar-refractivity contribution in [3.63, 3.8) is 0 Å². The molecule has 0 aliphatic heterocycles. The van der Waals surface area contributed by atoms with Crippen molar-refractivity contribution in [1.82, 2.24) is 9.88 Å². The number of hydrogen-bond acceptors (Lipinski definition) is 4. The molecule has 0 saturated heterocycles. The van der Waals surface area contributed by atoms with Crippen LogP contribution in [0.15, 0.2) is 24.5 Å². The Balaban J connectivity index is 1.94. The summed E-state index contributed by atoms with van der Waals surface area (Å²) in [5.41, 5.74) is 7.32. The topological polar surface area (TPSA) is 62.4 Å². The Morgan fingerprint density at radius 2 is 2.35 bits per heavy atom. The van der Waals surface area contributed by atoms with E-state index in [-0.39, 0.29) is 18.7 Å². The zero-order chi connectivity index (χ0) is 12.3. The van der Waals surface area contributed by atoms with Crippen molar-refractivity contribution in [3.8, 4) is 0 Å². The minimum Gasteiger partial charge on any atom is -0.395 e. The van der Waals surface area contributed by atoms with Crippen molar-refractivity contribution in [2.45, 2.75) is 31.5 Å². The number of aromatic nitrogens is 1. The van der Waals surface area contributed by atoms with Gasteiger partial charge >= 0.3 is 0 Å². The maximum atomic E-state index is 9.48. The molecule has 94 valence electrons. The lowest BCUT2D eigenvalue weighted by molar-refractivity contribution is 0.115. The van der Waals surface area contributed by atoms with E-state index in [1.807, 2.05) is 25.4 Å². The Morgan fingerprint density at radius 3 is 2.88 bits per heavy atom. The van der Waals surface area contributed by atoms with E-state index in [1.54, 1.807) is 6.20 Å². The van der Waals surface area contributed by atoms with Crippen LogP contribution >= 0.6 is 0 Å². The van der Waals surface area contributed by atoms with Crippen LogP contribution in [0.2, 0.25) is 0 Å². The number of nitrogens with two attached hydrogens (primary N) is 1. The van der Waals surface area contributed by atoms with Gasteiger partial charge in [-0.3, -0.25) is 9.88 Å². The zero-order valence-corrected chi connectivity index (χ0v) is 10.3. The molecule has 1 heterocycles. The fourth-order valence-corrected chi connectivity index (χ4v) is 2.25. The SMILES string of the molecule is CN(Cc1cccnc1)C(CO)C(N)C1CC1. The van der Waals surface area contributed by atoms with Crippen molar-refractivity contribution in [2.75, 3.05) is 13.7 Å². The molecule has 1 aromatic heterocycles. The standard InChI is InChI=1S/C13H21N3O/c1-16(8-10-3-2-6-15-7-10)12(9-17)13(14)11-4-5-11/h2-3,6-7,11-13,17H,4-5,8-9,14H2,1H3. The van der Waals surface area contributed by atoms with Gasteiger partial charge in [0.25, 0.3) is 0 Å². The number of hydrogen-bond donors (Lipinski definition) is 2. The lowest BCUT2D eigenvalue weighted by atomic mass is 10.0. The lowest BCUT2D eigenvalue weighted by Gasteiger charge is -2.31. The highest BCUT2D eigenvalue weighted by molar-refractivity contribution is 5.08. The summed E-state index contributed by atoms with van der Waals surface area (Å²) in [5, 5.41) is 9.48. The van der Waals surface area contributed by atoms with Crippen LogP contribution in [0.25, 0.3) is 0 Å². The van der Waals surface area contributed by atoms with E-state index in [0.717, 1.165) is 12.1 Å². The van der Waals surface area contributed by atoms with Crippen molar-refractivity contribution in [1.29, 1.82) is 0 Å². The largest absolute Gasteiger partial charge is 0.395 e. The molecule has 4 heteroatoms. The molecule has 0 aromatic carbocycles. The van der Waals surface area contributed by atoms with Crippen molar-refractivity contribution < 1.29 is 5.11 Å². The van der Waals surface area contributed by atoms with Gasteiger partial charge in [0.15, 0.2) is 0 Å². The molecule has 2 atom stereocenters. The van der Waals surface area contributed by atoms with Crippen LogP contribution in [-0.4, -0.2) is 40.7 Å². The van der Waals surface area contributed by atoms with E-state index in [4.69, 9.17) is 5.73 Å². The predicted octanol–water partition coefficient (Wildman–Crippen LogP) is 0.612. The minimum atomic E-state index is 0.0442. The third-order valence-electron chi connectivity index (χ3n) is 3.52. The number of rotatable bonds is 6. The molecule has 0 amide bonds. The first-order valence-electron chi connectivity index (χ1n) is 6.18. The molecule has 2 unspecified atom stereocenters. The van der Waals surface area contributed by atoms with Crippen LogP contribution in [0, 0.1) is 5.92 Å². The van der Waals surface area contributed by atoms with E-state index in [9.17, 15) is 5.11 Å². The summed E-state index contributed by atoms with van der Waals surface area (Å²) in [4.78, 5) is 6.22. The van der Waals surface area contributed by atoms with Gasteiger partial charge in [-0.25, -0.2) is 0 Å². The van der Waals surface area contributed by atoms with Crippen LogP contribution < -0.4 is 5.73 Å². The quantitative estimate of drug-likeness (QED) is 0.758. The van der Waals surface area contributed by atoms with Gasteiger partial charge in [-0.2, -0.15) is 0 Å². The summed E-state index contributed by atoms with van der Waals surface area (Å²) in [5.74, 6) is 0.600. The van der Waals surface area contributed by atoms with Crippen molar-refractivity contribution >= 4 is 0 Å². The maximum Gasteiger partial charge on any atom is 0.0602 e. The fourth-order valence-electron chi connectivity index (χ4n) is 2.25. The first-order chi connectivity index (χ1) is 8.22. The molecule has 1 saturated carbocycles. The second-order valence-electron chi connectivity index (χ2n) is 4.94. The molecule has 1 aromatic rings. The number of nitrogens with zero attached hydrogens (tertiary/aromatic N) is 2. The molecule has 2 rings (SSSR count). The molecular weight excluding hydrogens is 214 g/mol. The Labute approximate surface area is 102 Å². The van der Waals surface area contributed by atoms with Crippen molar-refractivity contribution in [2.24, 2.45) is 11.7 Å². The van der Waals surface area contributed by atoms with Crippen LogP contribution in [0.1, 0.15) is 18.4 Å². The van der Waals surface area contributed by atoms with Gasteiger partial charge in [0.05, 0.1) is 6.61 Å². The smallest absolute Gasteiger partial charge is 0.0602 e. The van der Waals surface area contributed by atoms with Gasteiger partial charge in [-0.05, 0) is 37.4 Å². The highest BCUT2D eigenvalue weighted by atomic mass is 16.3. The zero-order valence-electron chi connectivity index (χ0n) is 10.3. The Morgan fingerprint density at radius 1 is 1.59 bits per heavy atom. The molecule has 3 N–H and O–H groups in total. The Hall–Kier alpha value is -0.970. The van der Waals surface area contributed by atoms with E-state index in [2.05, 4.69) is 9.88 Å². The van der Waals surface area contributed by atoms with Gasteiger partial charge in [0.1, 0.15) is 0 Å². The third-order valence-corrected chi connectivity index (χ3v) is 3.52. The van der Waals surface area contributed by atoms with Gasteiger partial charge in [0, 0.05) is 31.0 Å². The van der Waals surface area contributed by atoms with E-state index < -0.39 is 0 Å². The summed E-state index contributed by atoms with van der Waals surface area (Å²) >= 11 is 0. The summed E-state index contributed by atoms with van der Waals surface area (Å²) in [6.07, 6.45) is 6.04. The molecule has 0 spiro atoms. The molecule has 17 heavy (non-hydrogen) atoms. The van der Waals surface area contributed by atoms with Crippen LogP contribution in [0.4, 0.5) is 0 Å². The van der Waals surface area contributed by atoms with Gasteiger partial charge in [0.2, 0.25) is 0 Å². The summed E-state index contributed by atoms with van der Waals surface area (Å²) in [7, 11) is 2.01. The molecule has 0 bridgehead atoms. The minimum absolute atomic E-state index is 0.0442. The van der Waals surface area contributed by atoms with E-state index in [0.29, 0.717) is 5.92 Å². The second kappa shape index (κ2) is 5.58. The Kier molecular flexibility index (Phi) is 4.10. The molecule has 4 nitrogen and oxygen atoms in total. The van der Waals surface area contributed by atoms with Gasteiger partial charge in [-0.1, -0.05) is 6.07 Å². The number of aliphatic hydroxyl groups excluding tert-OH is 1. The van der Waals surface area contributed by atoms with Crippen LogP contribution in [0.5, 0.6) is 0 Å². The summed E-state index contributed by atoms with van der Waals surface area (Å²) in [6, 6.07) is 4.10. The lowest BCUT2D eigenvalue weighted by Crippen LogP contribution is -2.49. The van der Waals surface area contributed by atoms with E-state index >= 15 is 0 Å².